The number of aliphatic carboxylic acids is 1. The second-order valence-corrected chi connectivity index (χ2v) is 4.43. The van der Waals surface area contributed by atoms with Gasteiger partial charge >= 0.3 is 5.97 Å². The zero-order chi connectivity index (χ0) is 15.2. The minimum absolute atomic E-state index is 0.378. The maximum atomic E-state index is 14.3. The van der Waals surface area contributed by atoms with Gasteiger partial charge in [0, 0.05) is 23.9 Å². The number of halogens is 1. The first-order valence-electron chi connectivity index (χ1n) is 6.65. The standard InChI is InChI=1S/C17H16FNO2/c1-2-19(14-8-4-3-5-9-14)17-13(11-12-16(20)21)7-6-10-15(17)18/h3-12H,2H2,1H3,(H,20,21)/b12-11+. The molecule has 0 radical (unpaired) electrons. The number of para-hydroxylation sites is 2. The van der Waals surface area contributed by atoms with E-state index < -0.39 is 5.97 Å². The molecule has 0 bridgehead atoms. The van der Waals surface area contributed by atoms with Crippen molar-refractivity contribution in [2.45, 2.75) is 6.92 Å². The average molecular weight is 285 g/mol. The van der Waals surface area contributed by atoms with Crippen molar-refractivity contribution >= 4 is 23.4 Å². The third-order valence-corrected chi connectivity index (χ3v) is 3.08. The first-order valence-corrected chi connectivity index (χ1v) is 6.65. The van der Waals surface area contributed by atoms with Crippen LogP contribution in [0.1, 0.15) is 12.5 Å². The van der Waals surface area contributed by atoms with Gasteiger partial charge in [0.2, 0.25) is 0 Å². The van der Waals surface area contributed by atoms with Crippen LogP contribution in [0.5, 0.6) is 0 Å². The second kappa shape index (κ2) is 6.70. The number of nitrogens with zero attached hydrogens (tertiary/aromatic N) is 1. The van der Waals surface area contributed by atoms with Gasteiger partial charge in [0.05, 0.1) is 5.69 Å². The third-order valence-electron chi connectivity index (χ3n) is 3.08. The fourth-order valence-corrected chi connectivity index (χ4v) is 2.19. The molecule has 0 unspecified atom stereocenters. The Morgan fingerprint density at radius 1 is 1.19 bits per heavy atom. The van der Waals surface area contributed by atoms with E-state index in [1.807, 2.05) is 42.2 Å². The van der Waals surface area contributed by atoms with Gasteiger partial charge < -0.3 is 10.0 Å². The maximum Gasteiger partial charge on any atom is 0.328 e. The SMILES string of the molecule is CCN(c1ccccc1)c1c(F)cccc1/C=C/C(=O)O. The summed E-state index contributed by atoms with van der Waals surface area (Å²) >= 11 is 0. The smallest absolute Gasteiger partial charge is 0.328 e. The van der Waals surface area contributed by atoms with Crippen LogP contribution in [0.3, 0.4) is 0 Å². The number of carboxylic acids is 1. The predicted octanol–water partition coefficient (Wildman–Crippen LogP) is 4.08. The molecule has 3 nitrogen and oxygen atoms in total. The van der Waals surface area contributed by atoms with E-state index in [0.29, 0.717) is 17.8 Å². The van der Waals surface area contributed by atoms with Crippen molar-refractivity contribution in [1.82, 2.24) is 0 Å². The predicted molar refractivity (Wildman–Crippen MR) is 82.2 cm³/mol. The van der Waals surface area contributed by atoms with Crippen molar-refractivity contribution in [3.05, 3.63) is 66.0 Å². The van der Waals surface area contributed by atoms with E-state index in [1.165, 1.54) is 12.1 Å². The highest BCUT2D eigenvalue weighted by atomic mass is 19.1. The summed E-state index contributed by atoms with van der Waals surface area (Å²) in [6, 6.07) is 14.1. The number of benzene rings is 2. The fraction of sp³-hybridized carbons (Fsp3) is 0.118. The van der Waals surface area contributed by atoms with Crippen LogP contribution in [0.25, 0.3) is 6.08 Å². The topological polar surface area (TPSA) is 40.5 Å². The Hall–Kier alpha value is -2.62. The molecule has 0 atom stereocenters. The lowest BCUT2D eigenvalue weighted by molar-refractivity contribution is -0.131. The molecule has 0 aliphatic heterocycles. The Balaban J connectivity index is 2.53. The van der Waals surface area contributed by atoms with Crippen LogP contribution >= 0.6 is 0 Å². The van der Waals surface area contributed by atoms with Crippen molar-refractivity contribution in [3.63, 3.8) is 0 Å². The van der Waals surface area contributed by atoms with Crippen LogP contribution in [0.15, 0.2) is 54.6 Å². The molecule has 108 valence electrons. The Kier molecular flexibility index (Phi) is 4.72. The molecule has 2 aromatic rings. The van der Waals surface area contributed by atoms with Crippen LogP contribution in [-0.2, 0) is 4.79 Å². The van der Waals surface area contributed by atoms with E-state index in [-0.39, 0.29) is 5.82 Å². The van der Waals surface area contributed by atoms with Crippen LogP contribution < -0.4 is 4.90 Å². The van der Waals surface area contributed by atoms with Crippen molar-refractivity contribution in [2.24, 2.45) is 0 Å². The monoisotopic (exact) mass is 285 g/mol. The van der Waals surface area contributed by atoms with Crippen molar-refractivity contribution in [1.29, 1.82) is 0 Å². The molecule has 1 N–H and O–H groups in total. The molecule has 2 rings (SSSR count). The normalized spacial score (nSPS) is 10.8. The Morgan fingerprint density at radius 2 is 1.90 bits per heavy atom. The molecule has 21 heavy (non-hydrogen) atoms. The molecule has 2 aromatic carbocycles. The Labute approximate surface area is 123 Å². The minimum atomic E-state index is -1.06. The molecule has 0 saturated heterocycles. The lowest BCUT2D eigenvalue weighted by atomic mass is 10.1. The summed E-state index contributed by atoms with van der Waals surface area (Å²) in [5, 5.41) is 8.75. The van der Waals surface area contributed by atoms with Gasteiger partial charge in [-0.2, -0.15) is 0 Å². The van der Waals surface area contributed by atoms with E-state index in [2.05, 4.69) is 0 Å². The van der Waals surface area contributed by atoms with Crippen LogP contribution in [0.2, 0.25) is 0 Å². The Bertz CT molecular complexity index is 653. The van der Waals surface area contributed by atoms with Gasteiger partial charge in [-0.25, -0.2) is 9.18 Å². The summed E-state index contributed by atoms with van der Waals surface area (Å²) in [5.74, 6) is -1.44. The van der Waals surface area contributed by atoms with E-state index in [1.54, 1.807) is 12.1 Å². The largest absolute Gasteiger partial charge is 0.478 e. The summed E-state index contributed by atoms with van der Waals surface area (Å²) in [6.45, 7) is 2.49. The summed E-state index contributed by atoms with van der Waals surface area (Å²) < 4.78 is 14.3. The highest BCUT2D eigenvalue weighted by Gasteiger charge is 2.15. The molecule has 0 fully saturated rings. The van der Waals surface area contributed by atoms with E-state index >= 15 is 0 Å². The number of anilines is 2. The van der Waals surface area contributed by atoms with Gasteiger partial charge in [-0.3, -0.25) is 0 Å². The van der Waals surface area contributed by atoms with Gasteiger partial charge in [-0.15, -0.1) is 0 Å². The summed E-state index contributed by atoms with van der Waals surface area (Å²) in [5.41, 5.74) is 1.77. The maximum absolute atomic E-state index is 14.3. The summed E-state index contributed by atoms with van der Waals surface area (Å²) in [7, 11) is 0. The molecule has 0 saturated carbocycles. The van der Waals surface area contributed by atoms with Gasteiger partial charge in [-0.05, 0) is 31.2 Å². The van der Waals surface area contributed by atoms with E-state index in [9.17, 15) is 9.18 Å². The number of rotatable bonds is 5. The zero-order valence-electron chi connectivity index (χ0n) is 11.7. The number of carboxylic acid groups (broad SMARTS) is 1. The van der Waals surface area contributed by atoms with Crippen LogP contribution in [0.4, 0.5) is 15.8 Å². The zero-order valence-corrected chi connectivity index (χ0v) is 11.7. The molecule has 0 aromatic heterocycles. The average Bonchev–Trinajstić information content (AvgIpc) is 2.49. The minimum Gasteiger partial charge on any atom is -0.478 e. The van der Waals surface area contributed by atoms with Gasteiger partial charge in [0.15, 0.2) is 0 Å². The highest BCUT2D eigenvalue weighted by Crippen LogP contribution is 2.31. The Morgan fingerprint density at radius 3 is 2.52 bits per heavy atom. The van der Waals surface area contributed by atoms with Gasteiger partial charge in [0.25, 0.3) is 0 Å². The lowest BCUT2D eigenvalue weighted by Crippen LogP contribution is -2.18. The van der Waals surface area contributed by atoms with Crippen molar-refractivity contribution in [3.8, 4) is 0 Å². The van der Waals surface area contributed by atoms with Crippen molar-refractivity contribution < 1.29 is 14.3 Å². The van der Waals surface area contributed by atoms with E-state index in [4.69, 9.17) is 5.11 Å². The summed E-state index contributed by atoms with van der Waals surface area (Å²) in [4.78, 5) is 12.5. The summed E-state index contributed by atoms with van der Waals surface area (Å²) in [6.07, 6.45) is 2.42. The highest BCUT2D eigenvalue weighted by molar-refractivity contribution is 5.87. The molecule has 0 aliphatic carbocycles. The third kappa shape index (κ3) is 3.48. The quantitative estimate of drug-likeness (QED) is 0.841. The molecule has 0 amide bonds. The number of hydrogen-bond acceptors (Lipinski definition) is 2. The first kappa shape index (κ1) is 14.8. The fourth-order valence-electron chi connectivity index (χ4n) is 2.19. The van der Waals surface area contributed by atoms with Gasteiger partial charge in [-0.1, -0.05) is 30.3 Å². The number of hydrogen-bond donors (Lipinski definition) is 1. The molecule has 0 spiro atoms. The van der Waals surface area contributed by atoms with E-state index in [0.717, 1.165) is 11.8 Å². The molecule has 4 heteroatoms. The van der Waals surface area contributed by atoms with Crippen LogP contribution in [0, 0.1) is 5.82 Å². The molecular weight excluding hydrogens is 269 g/mol. The van der Waals surface area contributed by atoms with Crippen molar-refractivity contribution in [2.75, 3.05) is 11.4 Å². The van der Waals surface area contributed by atoms with Gasteiger partial charge in [0.1, 0.15) is 5.82 Å². The number of carbonyl (C=O) groups is 1. The molecular formula is C17H16FNO2. The second-order valence-electron chi connectivity index (χ2n) is 4.43. The molecule has 0 heterocycles. The lowest BCUT2D eigenvalue weighted by Gasteiger charge is -2.25. The molecule has 0 aliphatic rings. The van der Waals surface area contributed by atoms with Crippen LogP contribution in [-0.4, -0.2) is 17.6 Å². The first-order chi connectivity index (χ1) is 10.1.